The van der Waals surface area contributed by atoms with E-state index in [2.05, 4.69) is 15.5 Å². The molecule has 0 atom stereocenters. The number of hydrogen-bond acceptors (Lipinski definition) is 5. The zero-order valence-electron chi connectivity index (χ0n) is 12.2. The third-order valence-corrected chi connectivity index (χ3v) is 3.79. The van der Waals surface area contributed by atoms with Crippen LogP contribution in [-0.2, 0) is 0 Å². The number of carbonyl (C=O) groups excluding carboxylic acids is 1. The lowest BCUT2D eigenvalue weighted by Gasteiger charge is -2.30. The molecule has 1 amide bonds. The largest absolute Gasteiger partial charge is 0.423 e. The maximum absolute atomic E-state index is 12.3. The molecule has 0 radical (unpaired) electrons. The van der Waals surface area contributed by atoms with Gasteiger partial charge >= 0.3 is 0 Å². The molecule has 2 rings (SSSR count). The molecule has 0 fully saturated rings. The second kappa shape index (κ2) is 6.49. The number of aliphatic hydroxyl groups excluding tert-OH is 1. The van der Waals surface area contributed by atoms with Gasteiger partial charge in [-0.3, -0.25) is 4.79 Å². The van der Waals surface area contributed by atoms with Crippen molar-refractivity contribution in [3.05, 3.63) is 36.2 Å². The van der Waals surface area contributed by atoms with Crippen molar-refractivity contribution in [1.29, 1.82) is 0 Å². The molecule has 2 aromatic rings. The fourth-order valence-corrected chi connectivity index (χ4v) is 2.07. The van der Waals surface area contributed by atoms with Crippen LogP contribution in [0.1, 0.15) is 37.0 Å². The van der Waals surface area contributed by atoms with E-state index in [0.29, 0.717) is 24.3 Å². The summed E-state index contributed by atoms with van der Waals surface area (Å²) in [4.78, 5) is 12.3. The summed E-state index contributed by atoms with van der Waals surface area (Å²) in [6, 6.07) is 6.90. The molecule has 0 saturated heterocycles. The van der Waals surface area contributed by atoms with Gasteiger partial charge in [0.25, 0.3) is 5.91 Å². The molecule has 21 heavy (non-hydrogen) atoms. The van der Waals surface area contributed by atoms with Gasteiger partial charge in [0.05, 0.1) is 12.1 Å². The summed E-state index contributed by atoms with van der Waals surface area (Å²) in [7, 11) is 0. The Bertz CT molecular complexity index is 566. The lowest BCUT2D eigenvalue weighted by molar-refractivity contribution is 0.0818. The highest BCUT2D eigenvalue weighted by Gasteiger charge is 2.27. The summed E-state index contributed by atoms with van der Waals surface area (Å²) in [6.07, 6.45) is 2.60. The van der Waals surface area contributed by atoms with Crippen LogP contribution < -0.4 is 5.32 Å². The fourth-order valence-electron chi connectivity index (χ4n) is 2.07. The van der Waals surface area contributed by atoms with E-state index in [1.165, 1.54) is 6.39 Å². The number of benzene rings is 1. The van der Waals surface area contributed by atoms with Crippen molar-refractivity contribution >= 4 is 5.91 Å². The summed E-state index contributed by atoms with van der Waals surface area (Å²) in [6.45, 7) is 3.81. The van der Waals surface area contributed by atoms with Gasteiger partial charge in [-0.25, -0.2) is 0 Å². The van der Waals surface area contributed by atoms with Crippen molar-refractivity contribution < 1.29 is 14.3 Å². The van der Waals surface area contributed by atoms with E-state index in [4.69, 9.17) is 4.42 Å². The van der Waals surface area contributed by atoms with E-state index in [0.717, 1.165) is 5.56 Å². The van der Waals surface area contributed by atoms with Crippen molar-refractivity contribution in [2.75, 3.05) is 6.61 Å². The average molecular weight is 289 g/mol. The second-order valence-electron chi connectivity index (χ2n) is 4.92. The molecule has 6 heteroatoms. The van der Waals surface area contributed by atoms with E-state index < -0.39 is 5.54 Å². The summed E-state index contributed by atoms with van der Waals surface area (Å²) < 4.78 is 5.10. The Morgan fingerprint density at radius 1 is 1.29 bits per heavy atom. The molecule has 1 aromatic carbocycles. The summed E-state index contributed by atoms with van der Waals surface area (Å²) in [5, 5.41) is 19.8. The third kappa shape index (κ3) is 3.28. The molecular formula is C15H19N3O3. The molecule has 0 spiro atoms. The van der Waals surface area contributed by atoms with Gasteiger partial charge in [0.2, 0.25) is 12.3 Å². The van der Waals surface area contributed by atoms with Crippen LogP contribution in [0, 0.1) is 0 Å². The van der Waals surface area contributed by atoms with Crippen molar-refractivity contribution in [3.63, 3.8) is 0 Å². The predicted octanol–water partition coefficient (Wildman–Crippen LogP) is 2.02. The average Bonchev–Trinajstić information content (AvgIpc) is 3.07. The highest BCUT2D eigenvalue weighted by molar-refractivity contribution is 5.95. The number of aromatic nitrogens is 2. The minimum absolute atomic E-state index is 0.0776. The van der Waals surface area contributed by atoms with Gasteiger partial charge in [0, 0.05) is 11.1 Å². The summed E-state index contributed by atoms with van der Waals surface area (Å²) >= 11 is 0. The molecule has 0 bridgehead atoms. The first-order valence-electron chi connectivity index (χ1n) is 6.94. The van der Waals surface area contributed by atoms with Crippen LogP contribution in [0.2, 0.25) is 0 Å². The number of nitrogens with one attached hydrogen (secondary N) is 1. The minimum atomic E-state index is -0.567. The molecule has 112 valence electrons. The van der Waals surface area contributed by atoms with E-state index in [1.807, 2.05) is 13.8 Å². The van der Waals surface area contributed by atoms with E-state index in [1.54, 1.807) is 24.3 Å². The Labute approximate surface area is 123 Å². The fraction of sp³-hybridized carbons (Fsp3) is 0.400. The molecular weight excluding hydrogens is 270 g/mol. The number of amides is 1. The molecule has 6 nitrogen and oxygen atoms in total. The van der Waals surface area contributed by atoms with E-state index in [-0.39, 0.29) is 12.5 Å². The Kier molecular flexibility index (Phi) is 4.70. The lowest BCUT2D eigenvalue weighted by atomic mass is 9.93. The van der Waals surface area contributed by atoms with Crippen LogP contribution in [0.5, 0.6) is 0 Å². The molecule has 0 aliphatic carbocycles. The molecule has 2 N–H and O–H groups in total. The first-order valence-corrected chi connectivity index (χ1v) is 6.94. The van der Waals surface area contributed by atoms with Gasteiger partial charge in [-0.2, -0.15) is 0 Å². The smallest absolute Gasteiger partial charge is 0.251 e. The lowest BCUT2D eigenvalue weighted by Crippen LogP contribution is -2.50. The van der Waals surface area contributed by atoms with Crippen LogP contribution in [0.15, 0.2) is 35.1 Å². The first kappa shape index (κ1) is 15.2. The number of hydrogen-bond donors (Lipinski definition) is 2. The molecule has 1 aromatic heterocycles. The quantitative estimate of drug-likeness (QED) is 0.849. The van der Waals surface area contributed by atoms with Crippen LogP contribution in [0.25, 0.3) is 11.5 Å². The monoisotopic (exact) mass is 289 g/mol. The molecule has 0 unspecified atom stereocenters. The number of carbonyl (C=O) groups is 1. The maximum Gasteiger partial charge on any atom is 0.251 e. The normalized spacial score (nSPS) is 11.4. The van der Waals surface area contributed by atoms with Crippen LogP contribution in [0.3, 0.4) is 0 Å². The van der Waals surface area contributed by atoms with Gasteiger partial charge in [-0.1, -0.05) is 13.8 Å². The van der Waals surface area contributed by atoms with Crippen molar-refractivity contribution in [1.82, 2.24) is 15.5 Å². The standard InChI is InChI=1S/C15H19N3O3/c1-3-15(4-2,9-19)17-13(20)11-5-7-12(8-6-11)14-18-16-10-21-14/h5-8,10,19H,3-4,9H2,1-2H3,(H,17,20). The van der Waals surface area contributed by atoms with Gasteiger partial charge < -0.3 is 14.8 Å². The molecule has 0 saturated carbocycles. The van der Waals surface area contributed by atoms with Crippen molar-refractivity contribution in [2.45, 2.75) is 32.2 Å². The highest BCUT2D eigenvalue weighted by atomic mass is 16.4. The third-order valence-electron chi connectivity index (χ3n) is 3.79. The van der Waals surface area contributed by atoms with Gasteiger partial charge in [0.15, 0.2) is 0 Å². The second-order valence-corrected chi connectivity index (χ2v) is 4.92. The zero-order valence-corrected chi connectivity index (χ0v) is 12.2. The van der Waals surface area contributed by atoms with Crippen LogP contribution >= 0.6 is 0 Å². The number of nitrogens with zero attached hydrogens (tertiary/aromatic N) is 2. The van der Waals surface area contributed by atoms with Crippen molar-refractivity contribution in [2.24, 2.45) is 0 Å². The van der Waals surface area contributed by atoms with Crippen LogP contribution in [-0.4, -0.2) is 33.4 Å². The Hall–Kier alpha value is -2.21. The minimum Gasteiger partial charge on any atom is -0.423 e. The van der Waals surface area contributed by atoms with Crippen LogP contribution in [0.4, 0.5) is 0 Å². The van der Waals surface area contributed by atoms with Gasteiger partial charge in [0.1, 0.15) is 0 Å². The van der Waals surface area contributed by atoms with E-state index >= 15 is 0 Å². The van der Waals surface area contributed by atoms with Gasteiger partial charge in [-0.15, -0.1) is 10.2 Å². The Morgan fingerprint density at radius 3 is 2.43 bits per heavy atom. The summed E-state index contributed by atoms with van der Waals surface area (Å²) in [5.74, 6) is 0.207. The first-order chi connectivity index (χ1) is 10.1. The topological polar surface area (TPSA) is 88.2 Å². The number of rotatable bonds is 6. The van der Waals surface area contributed by atoms with Crippen molar-refractivity contribution in [3.8, 4) is 11.5 Å². The Balaban J connectivity index is 2.13. The molecule has 0 aliphatic rings. The molecule has 0 aliphatic heterocycles. The van der Waals surface area contributed by atoms with Gasteiger partial charge in [-0.05, 0) is 37.1 Å². The Morgan fingerprint density at radius 2 is 1.95 bits per heavy atom. The highest BCUT2D eigenvalue weighted by Crippen LogP contribution is 2.18. The van der Waals surface area contributed by atoms with E-state index in [9.17, 15) is 9.90 Å². The maximum atomic E-state index is 12.3. The summed E-state index contributed by atoms with van der Waals surface area (Å²) in [5.41, 5.74) is 0.712. The number of aliphatic hydroxyl groups is 1. The zero-order chi connectivity index (χ0) is 15.3. The predicted molar refractivity (Wildman–Crippen MR) is 77.6 cm³/mol. The SMILES string of the molecule is CCC(CC)(CO)NC(=O)c1ccc(-c2nnco2)cc1. The molecule has 1 heterocycles.